The number of hydrogen-bond donors (Lipinski definition) is 1. The predicted molar refractivity (Wildman–Crippen MR) is 62.2 cm³/mol. The van der Waals surface area contributed by atoms with Crippen molar-refractivity contribution in [3.05, 3.63) is 34.5 Å². The summed E-state index contributed by atoms with van der Waals surface area (Å²) in [5.74, 6) is 0. The van der Waals surface area contributed by atoms with E-state index in [1.165, 1.54) is 12.1 Å². The van der Waals surface area contributed by atoms with Crippen molar-refractivity contribution in [2.45, 2.75) is 13.5 Å². The number of anilines is 1. The molecule has 17 heavy (non-hydrogen) atoms. The minimum absolute atomic E-state index is 0.117. The lowest BCUT2D eigenvalue weighted by molar-refractivity contribution is -0.383. The lowest BCUT2D eigenvalue weighted by Gasteiger charge is -1.99. The Labute approximate surface area is 97.0 Å². The number of nitro groups is 1. The number of nitrogens with two attached hydrogens (primary N) is 1. The van der Waals surface area contributed by atoms with Crippen LogP contribution in [0.4, 0.5) is 11.4 Å². The highest BCUT2D eigenvalue weighted by Gasteiger charge is 2.14. The molecule has 0 aliphatic rings. The molecule has 2 N–H and O–H groups in total. The van der Waals surface area contributed by atoms with Gasteiger partial charge < -0.3 is 5.73 Å². The first-order valence-electron chi connectivity index (χ1n) is 5.06. The van der Waals surface area contributed by atoms with Gasteiger partial charge in [0.25, 0.3) is 5.69 Å². The van der Waals surface area contributed by atoms with Crippen LogP contribution in [0, 0.1) is 10.1 Å². The molecular formula is C10H11N5O2. The minimum atomic E-state index is -0.511. The zero-order valence-corrected chi connectivity index (χ0v) is 9.20. The number of nitrogen functional groups attached to an aromatic ring is 1. The highest BCUT2D eigenvalue weighted by Crippen LogP contribution is 2.27. The van der Waals surface area contributed by atoms with E-state index >= 15 is 0 Å². The Morgan fingerprint density at radius 2 is 2.29 bits per heavy atom. The molecule has 0 amide bonds. The zero-order valence-electron chi connectivity index (χ0n) is 9.20. The Hall–Kier alpha value is -2.44. The molecule has 1 aromatic heterocycles. The maximum Gasteiger partial charge on any atom is 0.292 e. The summed E-state index contributed by atoms with van der Waals surface area (Å²) in [5, 5.41) is 18.6. The second kappa shape index (κ2) is 4.20. The average molecular weight is 233 g/mol. The molecule has 2 aromatic rings. The molecule has 0 atom stereocenters. The van der Waals surface area contributed by atoms with Gasteiger partial charge in [-0.15, -0.1) is 5.10 Å². The van der Waals surface area contributed by atoms with Crippen LogP contribution >= 0.6 is 0 Å². The van der Waals surface area contributed by atoms with Crippen molar-refractivity contribution in [3.63, 3.8) is 0 Å². The monoisotopic (exact) mass is 233 g/mol. The van der Waals surface area contributed by atoms with Gasteiger partial charge in [-0.1, -0.05) is 11.3 Å². The number of aryl methyl sites for hydroxylation is 1. The standard InChI is InChI=1S/C10H11N5O2/c1-2-14-6-9(12-13-14)7-3-4-8(11)10(5-7)15(16)17/h3-6H,2,11H2,1H3. The van der Waals surface area contributed by atoms with Crippen molar-refractivity contribution >= 4 is 11.4 Å². The average Bonchev–Trinajstić information content (AvgIpc) is 2.78. The third kappa shape index (κ3) is 2.07. The summed E-state index contributed by atoms with van der Waals surface area (Å²) in [5.41, 5.74) is 6.76. The van der Waals surface area contributed by atoms with Gasteiger partial charge in [0, 0.05) is 18.2 Å². The van der Waals surface area contributed by atoms with E-state index in [4.69, 9.17) is 5.73 Å². The Morgan fingerprint density at radius 3 is 2.88 bits per heavy atom. The van der Waals surface area contributed by atoms with Crippen molar-refractivity contribution in [2.75, 3.05) is 5.73 Å². The van der Waals surface area contributed by atoms with Gasteiger partial charge in [0.2, 0.25) is 0 Å². The van der Waals surface area contributed by atoms with E-state index in [9.17, 15) is 10.1 Å². The lowest BCUT2D eigenvalue weighted by Crippen LogP contribution is -1.95. The molecule has 7 heteroatoms. The van der Waals surface area contributed by atoms with Crippen LogP contribution < -0.4 is 5.73 Å². The fourth-order valence-electron chi connectivity index (χ4n) is 1.45. The molecular weight excluding hydrogens is 222 g/mol. The largest absolute Gasteiger partial charge is 0.393 e. The van der Waals surface area contributed by atoms with Crippen LogP contribution in [0.3, 0.4) is 0 Å². The summed E-state index contributed by atoms with van der Waals surface area (Å²) in [6.45, 7) is 2.63. The molecule has 0 fully saturated rings. The number of nitrogens with zero attached hydrogens (tertiary/aromatic N) is 4. The van der Waals surface area contributed by atoms with Gasteiger partial charge in [-0.05, 0) is 13.0 Å². The molecule has 0 bridgehead atoms. The molecule has 2 rings (SSSR count). The van der Waals surface area contributed by atoms with E-state index in [0.29, 0.717) is 17.8 Å². The van der Waals surface area contributed by atoms with Crippen LogP contribution in [0.15, 0.2) is 24.4 Å². The number of hydrogen-bond acceptors (Lipinski definition) is 5. The summed E-state index contributed by atoms with van der Waals surface area (Å²) in [6, 6.07) is 4.59. The van der Waals surface area contributed by atoms with Crippen molar-refractivity contribution in [1.82, 2.24) is 15.0 Å². The quantitative estimate of drug-likeness (QED) is 0.491. The number of aromatic nitrogens is 3. The van der Waals surface area contributed by atoms with Crippen LogP contribution in [0.2, 0.25) is 0 Å². The van der Waals surface area contributed by atoms with Crippen molar-refractivity contribution < 1.29 is 4.92 Å². The normalized spacial score (nSPS) is 10.4. The van der Waals surface area contributed by atoms with Gasteiger partial charge in [-0.3, -0.25) is 14.8 Å². The van der Waals surface area contributed by atoms with E-state index in [1.54, 1.807) is 16.9 Å². The molecule has 1 heterocycles. The highest BCUT2D eigenvalue weighted by molar-refractivity contribution is 5.69. The third-order valence-electron chi connectivity index (χ3n) is 2.39. The molecule has 0 saturated heterocycles. The summed E-state index contributed by atoms with van der Waals surface area (Å²) < 4.78 is 1.65. The molecule has 0 saturated carbocycles. The molecule has 0 aliphatic heterocycles. The highest BCUT2D eigenvalue weighted by atomic mass is 16.6. The van der Waals surface area contributed by atoms with E-state index in [2.05, 4.69) is 10.3 Å². The van der Waals surface area contributed by atoms with Gasteiger partial charge in [0.15, 0.2) is 0 Å². The lowest BCUT2D eigenvalue weighted by atomic mass is 10.1. The molecule has 0 aliphatic carbocycles. The van der Waals surface area contributed by atoms with Crippen molar-refractivity contribution in [3.8, 4) is 11.3 Å². The van der Waals surface area contributed by atoms with E-state index < -0.39 is 4.92 Å². The Bertz CT molecular complexity index is 564. The van der Waals surface area contributed by atoms with Gasteiger partial charge >= 0.3 is 0 Å². The summed E-state index contributed by atoms with van der Waals surface area (Å²) in [4.78, 5) is 10.2. The predicted octanol–water partition coefficient (Wildman–Crippen LogP) is 1.46. The smallest absolute Gasteiger partial charge is 0.292 e. The van der Waals surface area contributed by atoms with Gasteiger partial charge in [0.1, 0.15) is 11.4 Å². The van der Waals surface area contributed by atoms with Crippen molar-refractivity contribution in [2.24, 2.45) is 0 Å². The van der Waals surface area contributed by atoms with E-state index in [0.717, 1.165) is 0 Å². The molecule has 1 aromatic carbocycles. The first kappa shape index (κ1) is 11.1. The Morgan fingerprint density at radius 1 is 1.53 bits per heavy atom. The first-order valence-corrected chi connectivity index (χ1v) is 5.06. The fraction of sp³-hybridized carbons (Fsp3) is 0.200. The van der Waals surface area contributed by atoms with Crippen LogP contribution in [-0.2, 0) is 6.54 Å². The Balaban J connectivity index is 2.46. The third-order valence-corrected chi connectivity index (χ3v) is 2.39. The van der Waals surface area contributed by atoms with Crippen molar-refractivity contribution in [1.29, 1.82) is 0 Å². The maximum atomic E-state index is 10.8. The molecule has 88 valence electrons. The van der Waals surface area contributed by atoms with Crippen LogP contribution in [-0.4, -0.2) is 19.9 Å². The molecule has 0 spiro atoms. The topological polar surface area (TPSA) is 99.9 Å². The van der Waals surface area contributed by atoms with E-state index in [-0.39, 0.29) is 11.4 Å². The molecule has 0 unspecified atom stereocenters. The van der Waals surface area contributed by atoms with Gasteiger partial charge in [0.05, 0.1) is 11.1 Å². The van der Waals surface area contributed by atoms with Crippen LogP contribution in [0.1, 0.15) is 6.92 Å². The maximum absolute atomic E-state index is 10.8. The second-order valence-electron chi connectivity index (χ2n) is 3.49. The summed E-state index contributed by atoms with van der Waals surface area (Å²) in [6.07, 6.45) is 1.73. The SMILES string of the molecule is CCn1cc(-c2ccc(N)c([N+](=O)[O-])c2)nn1. The fourth-order valence-corrected chi connectivity index (χ4v) is 1.45. The number of benzene rings is 1. The minimum Gasteiger partial charge on any atom is -0.393 e. The zero-order chi connectivity index (χ0) is 12.4. The number of nitro benzene ring substituents is 1. The molecule has 0 radical (unpaired) electrons. The second-order valence-corrected chi connectivity index (χ2v) is 3.49. The summed E-state index contributed by atoms with van der Waals surface area (Å²) in [7, 11) is 0. The first-order chi connectivity index (χ1) is 8.11. The summed E-state index contributed by atoms with van der Waals surface area (Å²) >= 11 is 0. The van der Waals surface area contributed by atoms with Gasteiger partial charge in [-0.25, -0.2) is 0 Å². The Kier molecular flexibility index (Phi) is 2.73. The van der Waals surface area contributed by atoms with E-state index in [1.807, 2.05) is 6.92 Å². The number of rotatable bonds is 3. The van der Waals surface area contributed by atoms with Gasteiger partial charge in [-0.2, -0.15) is 0 Å². The van der Waals surface area contributed by atoms with Crippen LogP contribution in [0.5, 0.6) is 0 Å². The molecule has 7 nitrogen and oxygen atoms in total. The van der Waals surface area contributed by atoms with Crippen LogP contribution in [0.25, 0.3) is 11.3 Å².